The van der Waals surface area contributed by atoms with Crippen molar-refractivity contribution in [2.75, 3.05) is 40.9 Å². The number of unbranched alkanes of at least 4 members (excludes halogenated alkanes) is 25. The molecule has 82 heavy (non-hydrogen) atoms. The van der Waals surface area contributed by atoms with E-state index >= 15 is 0 Å². The molecule has 0 aliphatic rings. The molecule has 0 fully saturated rings. The molecule has 1 amide bonds. The lowest BCUT2D eigenvalue weighted by molar-refractivity contribution is -0.870. The highest BCUT2D eigenvalue weighted by Gasteiger charge is 2.30. The molecular formula is C72H126N2O7P+. The first-order valence-corrected chi connectivity index (χ1v) is 34.9. The summed E-state index contributed by atoms with van der Waals surface area (Å²) in [5.41, 5.74) is 0. The topological polar surface area (TPSA) is 111 Å². The summed E-state index contributed by atoms with van der Waals surface area (Å²) < 4.78 is 30.8. The van der Waals surface area contributed by atoms with Crippen LogP contribution in [0.4, 0.5) is 0 Å². The van der Waals surface area contributed by atoms with Crippen LogP contribution in [0, 0.1) is 0 Å². The van der Waals surface area contributed by atoms with Crippen molar-refractivity contribution in [2.24, 2.45) is 0 Å². The molecule has 0 aliphatic carbocycles. The molecule has 3 unspecified atom stereocenters. The Balaban J connectivity index is 5.18. The fourth-order valence-electron chi connectivity index (χ4n) is 9.08. The van der Waals surface area contributed by atoms with Gasteiger partial charge in [-0.15, -0.1) is 0 Å². The van der Waals surface area contributed by atoms with Crippen LogP contribution < -0.4 is 5.32 Å². The van der Waals surface area contributed by atoms with Crippen molar-refractivity contribution >= 4 is 19.7 Å². The third kappa shape index (κ3) is 61.0. The highest BCUT2D eigenvalue weighted by molar-refractivity contribution is 7.47. The van der Waals surface area contributed by atoms with Gasteiger partial charge in [0.25, 0.3) is 0 Å². The Hall–Kier alpha value is -3.59. The number of amides is 1. The maximum atomic E-state index is 13.6. The van der Waals surface area contributed by atoms with Gasteiger partial charge in [0.05, 0.1) is 33.8 Å². The van der Waals surface area contributed by atoms with E-state index in [1.807, 2.05) is 33.3 Å². The van der Waals surface area contributed by atoms with Gasteiger partial charge < -0.3 is 19.4 Å². The molecule has 0 radical (unpaired) electrons. The van der Waals surface area contributed by atoms with E-state index < -0.39 is 20.0 Å². The summed E-state index contributed by atoms with van der Waals surface area (Å²) in [6, 6.07) is -0.867. The second kappa shape index (κ2) is 60.5. The van der Waals surface area contributed by atoms with Crippen LogP contribution >= 0.6 is 7.82 Å². The summed E-state index contributed by atoms with van der Waals surface area (Å²) in [4.78, 5) is 37.8. The van der Waals surface area contributed by atoms with Crippen molar-refractivity contribution in [1.29, 1.82) is 0 Å². The second-order valence-corrected chi connectivity index (χ2v) is 24.7. The molecule has 0 aromatic carbocycles. The SMILES string of the molecule is CC/C=C\C/C=C\C/C=C\C/C=C\C/C=C\C/C=C\CCCCCCCCCCC(=O)OC(/C=C\CCCCCCCCCCCCC)C(COP(=O)(O)OCC[N+](C)(C)C)NC(=O)CCCCCCCC/C=C/C/C=C/C/C=C/CC. The lowest BCUT2D eigenvalue weighted by atomic mass is 10.0. The lowest BCUT2D eigenvalue weighted by Gasteiger charge is -2.27. The van der Waals surface area contributed by atoms with Gasteiger partial charge >= 0.3 is 13.8 Å². The monoisotopic (exact) mass is 1160 g/mol. The van der Waals surface area contributed by atoms with Crippen molar-refractivity contribution in [3.8, 4) is 0 Å². The summed E-state index contributed by atoms with van der Waals surface area (Å²) in [5, 5.41) is 3.05. The van der Waals surface area contributed by atoms with Crippen LogP contribution in [0.3, 0.4) is 0 Å². The summed E-state index contributed by atoms with van der Waals surface area (Å²) >= 11 is 0. The van der Waals surface area contributed by atoms with E-state index in [0.717, 1.165) is 154 Å². The Morgan fingerprint density at radius 3 is 1.17 bits per heavy atom. The largest absolute Gasteiger partial charge is 0.472 e. The molecular weight excluding hydrogens is 1040 g/mol. The number of nitrogens with one attached hydrogen (secondary N) is 1. The van der Waals surface area contributed by atoms with Crippen LogP contribution in [-0.4, -0.2) is 74.3 Å². The Bertz CT molecular complexity index is 1820. The Labute approximate surface area is 505 Å². The molecule has 0 spiro atoms. The summed E-state index contributed by atoms with van der Waals surface area (Å²) in [6.45, 7) is 6.77. The van der Waals surface area contributed by atoms with Crippen LogP contribution in [0.2, 0.25) is 0 Å². The van der Waals surface area contributed by atoms with Crippen molar-refractivity contribution in [1.82, 2.24) is 5.32 Å². The number of rotatable bonds is 59. The third-order valence-corrected chi connectivity index (χ3v) is 15.1. The smallest absolute Gasteiger partial charge is 0.456 e. The van der Waals surface area contributed by atoms with Crippen molar-refractivity contribution < 1.29 is 37.3 Å². The van der Waals surface area contributed by atoms with Crippen LogP contribution in [-0.2, 0) is 27.9 Å². The standard InChI is InChI=1S/C72H125N2O7P/c1-7-10-13-16-19-22-25-28-30-32-33-34-35-36-37-38-39-40-41-42-44-47-50-53-56-59-62-65-72(76)81-70(63-60-57-54-51-48-45-27-24-21-18-15-12-9-3)69(68-80-82(77,78)79-67-66-74(4,5)6)73-71(75)64-61-58-55-52-49-46-43-31-29-26-23-20-17-14-11-8-2/h10-11,13-14,19-20,22-23,28-31,33-34,36-37,39-40,60,63,69-70H,7-9,12,15-18,21,24-27,32,35,38,41-59,61-62,64-68H2,1-6H3,(H-,73,75,77,78)/p+1/b13-10-,14-11+,22-19-,23-20+,30-28-,31-29+,34-33-,37-36-,40-39-,63-60-. The van der Waals surface area contributed by atoms with Gasteiger partial charge in [0.15, 0.2) is 0 Å². The zero-order valence-electron chi connectivity index (χ0n) is 53.7. The molecule has 470 valence electrons. The van der Waals surface area contributed by atoms with Gasteiger partial charge in [-0.25, -0.2) is 4.57 Å². The predicted octanol–water partition coefficient (Wildman–Crippen LogP) is 21.1. The van der Waals surface area contributed by atoms with E-state index in [4.69, 9.17) is 13.8 Å². The fraction of sp³-hybridized carbons (Fsp3) is 0.694. The second-order valence-electron chi connectivity index (χ2n) is 23.2. The summed E-state index contributed by atoms with van der Waals surface area (Å²) in [7, 11) is 1.47. The zero-order valence-corrected chi connectivity index (χ0v) is 54.6. The average Bonchev–Trinajstić information content (AvgIpc) is 3.45. The van der Waals surface area contributed by atoms with E-state index in [1.54, 1.807) is 0 Å². The molecule has 9 nitrogen and oxygen atoms in total. The minimum absolute atomic E-state index is 0.0301. The molecule has 10 heteroatoms. The summed E-state index contributed by atoms with van der Waals surface area (Å²) in [6.07, 6.45) is 84.8. The molecule has 3 atom stereocenters. The number of nitrogens with zero attached hydrogens (tertiary/aromatic N) is 1. The number of allylic oxidation sites excluding steroid dienone is 19. The highest BCUT2D eigenvalue weighted by Crippen LogP contribution is 2.43. The maximum Gasteiger partial charge on any atom is 0.472 e. The van der Waals surface area contributed by atoms with E-state index in [9.17, 15) is 19.0 Å². The summed E-state index contributed by atoms with van der Waals surface area (Å²) in [5.74, 6) is -0.534. The number of likely N-dealkylation sites (N-methyl/N-ethyl adjacent to an activating group) is 1. The molecule has 0 rings (SSSR count). The van der Waals surface area contributed by atoms with Gasteiger partial charge in [-0.1, -0.05) is 265 Å². The number of quaternary nitrogens is 1. The zero-order chi connectivity index (χ0) is 60.0. The van der Waals surface area contributed by atoms with Crippen LogP contribution in [0.1, 0.15) is 271 Å². The predicted molar refractivity (Wildman–Crippen MR) is 355 cm³/mol. The fourth-order valence-corrected chi connectivity index (χ4v) is 9.81. The number of carbonyl (C=O) groups is 2. The number of carbonyl (C=O) groups excluding carboxylic acids is 2. The molecule has 0 aromatic rings. The van der Waals surface area contributed by atoms with Crippen molar-refractivity contribution in [3.05, 3.63) is 122 Å². The van der Waals surface area contributed by atoms with E-state index in [1.165, 1.54) is 83.5 Å². The van der Waals surface area contributed by atoms with Gasteiger partial charge in [0, 0.05) is 12.8 Å². The molecule has 0 saturated carbocycles. The first-order valence-electron chi connectivity index (χ1n) is 33.4. The Morgan fingerprint density at radius 1 is 0.439 bits per heavy atom. The molecule has 0 aliphatic heterocycles. The molecule has 0 aromatic heterocycles. The van der Waals surface area contributed by atoms with Gasteiger partial charge in [-0.3, -0.25) is 18.6 Å². The van der Waals surface area contributed by atoms with E-state index in [0.29, 0.717) is 17.4 Å². The first-order chi connectivity index (χ1) is 39.9. The molecule has 0 heterocycles. The minimum Gasteiger partial charge on any atom is -0.456 e. The van der Waals surface area contributed by atoms with E-state index in [-0.39, 0.29) is 31.5 Å². The number of phosphoric acid groups is 1. The van der Waals surface area contributed by atoms with Gasteiger partial charge in [-0.05, 0) is 115 Å². The third-order valence-electron chi connectivity index (χ3n) is 14.1. The lowest BCUT2D eigenvalue weighted by Crippen LogP contribution is -2.47. The number of hydrogen-bond acceptors (Lipinski definition) is 6. The highest BCUT2D eigenvalue weighted by atomic mass is 31.2. The number of esters is 1. The van der Waals surface area contributed by atoms with E-state index in [2.05, 4.69) is 135 Å². The number of phosphoric ester groups is 1. The molecule has 0 bridgehead atoms. The number of hydrogen-bond donors (Lipinski definition) is 2. The average molecular weight is 1160 g/mol. The van der Waals surface area contributed by atoms with Gasteiger partial charge in [-0.2, -0.15) is 0 Å². The normalized spacial score (nSPS) is 14.4. The molecule has 0 saturated heterocycles. The Kier molecular flexibility index (Phi) is 57.9. The van der Waals surface area contributed by atoms with Gasteiger partial charge in [0.2, 0.25) is 5.91 Å². The van der Waals surface area contributed by atoms with Crippen molar-refractivity contribution in [2.45, 2.75) is 283 Å². The first kappa shape index (κ1) is 78.4. The van der Waals surface area contributed by atoms with Crippen molar-refractivity contribution in [3.63, 3.8) is 0 Å². The van der Waals surface area contributed by atoms with Crippen LogP contribution in [0.25, 0.3) is 0 Å². The van der Waals surface area contributed by atoms with Gasteiger partial charge in [0.1, 0.15) is 19.3 Å². The van der Waals surface area contributed by atoms with Crippen LogP contribution in [0.5, 0.6) is 0 Å². The molecule has 2 N–H and O–H groups in total. The maximum absolute atomic E-state index is 13.6. The number of ether oxygens (including phenoxy) is 1. The minimum atomic E-state index is -4.47. The van der Waals surface area contributed by atoms with Crippen LogP contribution in [0.15, 0.2) is 122 Å². The quantitative estimate of drug-likeness (QED) is 0.0205. The Morgan fingerprint density at radius 2 is 0.780 bits per heavy atom.